The summed E-state index contributed by atoms with van der Waals surface area (Å²) in [6, 6.07) is 9.85. The van der Waals surface area contributed by atoms with Gasteiger partial charge in [0.05, 0.1) is 11.5 Å². The molecule has 0 bridgehead atoms. The van der Waals surface area contributed by atoms with E-state index in [2.05, 4.69) is 10.9 Å². The Hall–Kier alpha value is -1.80. The molecule has 2 heteroatoms. The Kier molecular flexibility index (Phi) is 3.12. The van der Waals surface area contributed by atoms with Crippen LogP contribution in [-0.4, -0.2) is 0 Å². The van der Waals surface area contributed by atoms with E-state index in [-0.39, 0.29) is 6.04 Å². The van der Waals surface area contributed by atoms with Crippen molar-refractivity contribution in [2.24, 2.45) is 0 Å². The number of nitrogens with zero attached hydrogens (tertiary/aromatic N) is 2. The number of nitriles is 1. The van der Waals surface area contributed by atoms with Gasteiger partial charge >= 0.3 is 0 Å². The zero-order valence-electron chi connectivity index (χ0n) is 9.28. The molecular formula is C13H14N2. The minimum absolute atomic E-state index is 0.139. The Morgan fingerprint density at radius 1 is 1.47 bits per heavy atom. The van der Waals surface area contributed by atoms with Crippen LogP contribution in [0, 0.1) is 17.9 Å². The van der Waals surface area contributed by atoms with Gasteiger partial charge in [0.2, 0.25) is 6.04 Å². The van der Waals surface area contributed by atoms with E-state index in [0.717, 1.165) is 11.1 Å². The first-order chi connectivity index (χ1) is 7.01. The molecule has 0 spiro atoms. The van der Waals surface area contributed by atoms with E-state index in [1.807, 2.05) is 45.0 Å². The van der Waals surface area contributed by atoms with Gasteiger partial charge in [0.15, 0.2) is 0 Å². The molecule has 1 rings (SSSR count). The molecule has 0 saturated heterocycles. The zero-order valence-corrected chi connectivity index (χ0v) is 9.28. The van der Waals surface area contributed by atoms with Gasteiger partial charge in [-0.3, -0.25) is 0 Å². The largest absolute Gasteiger partial charge is 0.309 e. The number of benzene rings is 1. The topological polar surface area (TPSA) is 28.1 Å². The normalized spacial score (nSPS) is 12.6. The molecule has 2 nitrogen and oxygen atoms in total. The van der Waals surface area contributed by atoms with Crippen LogP contribution >= 0.6 is 0 Å². The van der Waals surface area contributed by atoms with Gasteiger partial charge in [0.1, 0.15) is 0 Å². The molecule has 0 saturated carbocycles. The summed E-state index contributed by atoms with van der Waals surface area (Å²) < 4.78 is 0. The maximum absolute atomic E-state index is 9.02. The fraction of sp³-hybridized carbons (Fsp3) is 0.385. The second-order valence-electron chi connectivity index (χ2n) is 4.17. The first-order valence-corrected chi connectivity index (χ1v) is 4.89. The van der Waals surface area contributed by atoms with Gasteiger partial charge in [-0.1, -0.05) is 18.2 Å². The van der Waals surface area contributed by atoms with E-state index in [4.69, 9.17) is 11.8 Å². The molecule has 0 fully saturated rings. The molecule has 1 atom stereocenters. The Balaban J connectivity index is 3.16. The first kappa shape index (κ1) is 11.3. The summed E-state index contributed by atoms with van der Waals surface area (Å²) in [5.41, 5.74) is 1.46. The van der Waals surface area contributed by atoms with Crippen LogP contribution in [0.4, 0.5) is 0 Å². The Labute approximate surface area is 91.0 Å². The third kappa shape index (κ3) is 2.36. The second-order valence-corrected chi connectivity index (χ2v) is 4.17. The van der Waals surface area contributed by atoms with Gasteiger partial charge in [0.25, 0.3) is 0 Å². The second kappa shape index (κ2) is 4.15. The van der Waals surface area contributed by atoms with E-state index >= 15 is 0 Å². The Bertz CT molecular complexity index is 433. The van der Waals surface area contributed by atoms with Gasteiger partial charge in [-0.2, -0.15) is 5.26 Å². The highest BCUT2D eigenvalue weighted by Gasteiger charge is 2.21. The van der Waals surface area contributed by atoms with Gasteiger partial charge in [-0.15, -0.1) is 0 Å². The number of hydrogen-bond donors (Lipinski definition) is 0. The van der Waals surface area contributed by atoms with Crippen LogP contribution in [0.3, 0.4) is 0 Å². The van der Waals surface area contributed by atoms with Crippen molar-refractivity contribution in [3.8, 4) is 6.07 Å². The standard InChI is InChI=1S/C13H14N2/c1-10(15-4)11-6-5-7-12(8-11)13(2,3)9-14/h5-8,10H,1-3H3. The van der Waals surface area contributed by atoms with Crippen molar-refractivity contribution in [3.05, 3.63) is 46.8 Å². The highest BCUT2D eigenvalue weighted by molar-refractivity contribution is 5.35. The molecule has 1 aromatic rings. The van der Waals surface area contributed by atoms with Gasteiger partial charge in [-0.05, 0) is 25.5 Å². The van der Waals surface area contributed by atoms with Crippen molar-refractivity contribution in [2.75, 3.05) is 0 Å². The molecule has 0 aromatic heterocycles. The van der Waals surface area contributed by atoms with Crippen molar-refractivity contribution in [1.82, 2.24) is 0 Å². The number of rotatable bonds is 2. The molecule has 0 aliphatic heterocycles. The third-order valence-electron chi connectivity index (χ3n) is 2.56. The van der Waals surface area contributed by atoms with Crippen LogP contribution in [0.2, 0.25) is 0 Å². The van der Waals surface area contributed by atoms with Gasteiger partial charge in [0, 0.05) is 12.5 Å². The first-order valence-electron chi connectivity index (χ1n) is 4.89. The molecule has 0 amide bonds. The lowest BCUT2D eigenvalue weighted by Gasteiger charge is -2.16. The summed E-state index contributed by atoms with van der Waals surface area (Å²) in [4.78, 5) is 3.47. The average Bonchev–Trinajstić information content (AvgIpc) is 2.28. The molecule has 15 heavy (non-hydrogen) atoms. The summed E-state index contributed by atoms with van der Waals surface area (Å²) in [6.07, 6.45) is 0. The predicted octanol–water partition coefficient (Wildman–Crippen LogP) is 3.47. The monoisotopic (exact) mass is 198 g/mol. The molecule has 0 aliphatic carbocycles. The lowest BCUT2D eigenvalue weighted by atomic mass is 9.85. The van der Waals surface area contributed by atoms with Crippen molar-refractivity contribution >= 4 is 0 Å². The fourth-order valence-electron chi connectivity index (χ4n) is 1.33. The van der Waals surface area contributed by atoms with Crippen LogP contribution < -0.4 is 0 Å². The molecular weight excluding hydrogens is 184 g/mol. The third-order valence-corrected chi connectivity index (χ3v) is 2.56. The molecule has 76 valence electrons. The summed E-state index contributed by atoms with van der Waals surface area (Å²) in [5.74, 6) is 0. The summed E-state index contributed by atoms with van der Waals surface area (Å²) in [6.45, 7) is 12.6. The lowest BCUT2D eigenvalue weighted by Crippen LogP contribution is -2.14. The highest BCUT2D eigenvalue weighted by atomic mass is 14.7. The van der Waals surface area contributed by atoms with Crippen LogP contribution in [0.25, 0.3) is 4.85 Å². The Morgan fingerprint density at radius 2 is 2.13 bits per heavy atom. The van der Waals surface area contributed by atoms with Gasteiger partial charge in [-0.25, -0.2) is 6.57 Å². The Morgan fingerprint density at radius 3 is 2.67 bits per heavy atom. The molecule has 0 aliphatic rings. The van der Waals surface area contributed by atoms with E-state index < -0.39 is 5.41 Å². The van der Waals surface area contributed by atoms with Crippen molar-refractivity contribution < 1.29 is 0 Å². The van der Waals surface area contributed by atoms with Gasteiger partial charge < -0.3 is 4.85 Å². The SMILES string of the molecule is [C-]#[N+]C(C)c1cccc(C(C)(C)C#N)c1. The van der Waals surface area contributed by atoms with Crippen molar-refractivity contribution in [1.29, 1.82) is 5.26 Å². The maximum atomic E-state index is 9.02. The molecule has 0 heterocycles. The predicted molar refractivity (Wildman–Crippen MR) is 60.1 cm³/mol. The average molecular weight is 198 g/mol. The smallest absolute Gasteiger partial charge is 0.245 e. The maximum Gasteiger partial charge on any atom is 0.245 e. The molecule has 1 unspecified atom stereocenters. The van der Waals surface area contributed by atoms with Crippen LogP contribution in [0.5, 0.6) is 0 Å². The van der Waals surface area contributed by atoms with E-state index in [1.54, 1.807) is 0 Å². The van der Waals surface area contributed by atoms with E-state index in [9.17, 15) is 0 Å². The van der Waals surface area contributed by atoms with Crippen LogP contribution in [-0.2, 0) is 5.41 Å². The quantitative estimate of drug-likeness (QED) is 0.669. The minimum atomic E-state index is -0.488. The molecule has 1 aromatic carbocycles. The van der Waals surface area contributed by atoms with Crippen molar-refractivity contribution in [2.45, 2.75) is 32.2 Å². The minimum Gasteiger partial charge on any atom is -0.309 e. The fourth-order valence-corrected chi connectivity index (χ4v) is 1.33. The molecule has 0 radical (unpaired) electrons. The van der Waals surface area contributed by atoms with E-state index in [0.29, 0.717) is 0 Å². The van der Waals surface area contributed by atoms with Crippen molar-refractivity contribution in [3.63, 3.8) is 0 Å². The summed E-state index contributed by atoms with van der Waals surface area (Å²) >= 11 is 0. The number of hydrogen-bond acceptors (Lipinski definition) is 1. The van der Waals surface area contributed by atoms with Crippen LogP contribution in [0.1, 0.15) is 37.9 Å². The highest BCUT2D eigenvalue weighted by Crippen LogP contribution is 2.26. The zero-order chi connectivity index (χ0) is 11.5. The molecule has 0 N–H and O–H groups in total. The van der Waals surface area contributed by atoms with Crippen LogP contribution in [0.15, 0.2) is 24.3 Å². The summed E-state index contributed by atoms with van der Waals surface area (Å²) in [7, 11) is 0. The summed E-state index contributed by atoms with van der Waals surface area (Å²) in [5, 5.41) is 9.02. The van der Waals surface area contributed by atoms with E-state index in [1.165, 1.54) is 0 Å². The lowest BCUT2D eigenvalue weighted by molar-refractivity contribution is 0.684.